The first-order valence-electron chi connectivity index (χ1n) is 4.60. The highest BCUT2D eigenvalue weighted by atomic mass is 32.2. The van der Waals surface area contributed by atoms with Gasteiger partial charge < -0.3 is 10.8 Å². The number of carboxylic acids is 1. The predicted molar refractivity (Wildman–Crippen MR) is 57.0 cm³/mol. The van der Waals surface area contributed by atoms with Crippen LogP contribution in [0.3, 0.4) is 0 Å². The van der Waals surface area contributed by atoms with Gasteiger partial charge in [-0.1, -0.05) is 13.8 Å². The Labute approximate surface area is 84.1 Å². The molecule has 0 aromatic heterocycles. The van der Waals surface area contributed by atoms with Crippen LogP contribution >= 0.6 is 11.8 Å². The van der Waals surface area contributed by atoms with E-state index in [-0.39, 0.29) is 0 Å². The first kappa shape index (κ1) is 12.8. The summed E-state index contributed by atoms with van der Waals surface area (Å²) in [5.41, 5.74) is 5.35. The summed E-state index contributed by atoms with van der Waals surface area (Å²) in [7, 11) is 0. The van der Waals surface area contributed by atoms with Gasteiger partial charge >= 0.3 is 5.97 Å². The van der Waals surface area contributed by atoms with Crippen molar-refractivity contribution in [2.24, 2.45) is 11.7 Å². The van der Waals surface area contributed by atoms with Crippen LogP contribution < -0.4 is 5.73 Å². The zero-order chi connectivity index (χ0) is 10.3. The topological polar surface area (TPSA) is 63.3 Å². The fraction of sp³-hybridized carbons (Fsp3) is 0.889. The molecule has 0 fully saturated rings. The lowest BCUT2D eigenvalue weighted by Crippen LogP contribution is -2.29. The zero-order valence-corrected chi connectivity index (χ0v) is 9.14. The van der Waals surface area contributed by atoms with E-state index in [9.17, 15) is 4.79 Å². The molecule has 0 aliphatic rings. The molecule has 0 amide bonds. The van der Waals surface area contributed by atoms with E-state index in [4.69, 9.17) is 10.8 Å². The van der Waals surface area contributed by atoms with Gasteiger partial charge in [-0.25, -0.2) is 0 Å². The van der Waals surface area contributed by atoms with Crippen LogP contribution in [-0.2, 0) is 4.79 Å². The summed E-state index contributed by atoms with van der Waals surface area (Å²) in [6, 6.07) is -0.681. The maximum atomic E-state index is 10.3. The molecule has 1 unspecified atom stereocenters. The highest BCUT2D eigenvalue weighted by Gasteiger charge is 2.09. The number of hydrogen-bond donors (Lipinski definition) is 2. The molecule has 3 nitrogen and oxygen atoms in total. The number of hydrogen-bond acceptors (Lipinski definition) is 3. The van der Waals surface area contributed by atoms with Crippen molar-refractivity contribution in [3.8, 4) is 0 Å². The van der Waals surface area contributed by atoms with Gasteiger partial charge in [-0.15, -0.1) is 0 Å². The largest absolute Gasteiger partial charge is 0.480 e. The normalized spacial score (nSPS) is 13.2. The third-order valence-electron chi connectivity index (χ3n) is 1.57. The van der Waals surface area contributed by atoms with E-state index in [2.05, 4.69) is 13.8 Å². The number of carbonyl (C=O) groups is 1. The SMILES string of the molecule is CC(C)CSCCCC(N)C(=O)O. The zero-order valence-electron chi connectivity index (χ0n) is 8.32. The van der Waals surface area contributed by atoms with Crippen molar-refractivity contribution in [3.63, 3.8) is 0 Å². The highest BCUT2D eigenvalue weighted by molar-refractivity contribution is 7.99. The molecule has 0 spiro atoms. The number of rotatable bonds is 7. The molecular weight excluding hydrogens is 186 g/mol. The maximum absolute atomic E-state index is 10.3. The Morgan fingerprint density at radius 3 is 2.62 bits per heavy atom. The molecule has 0 saturated heterocycles. The first-order chi connectivity index (χ1) is 6.04. The van der Waals surface area contributed by atoms with Crippen LogP contribution in [0.2, 0.25) is 0 Å². The Bertz CT molecular complexity index is 151. The van der Waals surface area contributed by atoms with Crippen LogP contribution in [0.25, 0.3) is 0 Å². The second kappa shape index (κ2) is 7.21. The van der Waals surface area contributed by atoms with Crippen molar-refractivity contribution in [1.82, 2.24) is 0 Å². The number of aliphatic carboxylic acids is 1. The van der Waals surface area contributed by atoms with Crippen molar-refractivity contribution >= 4 is 17.7 Å². The quantitative estimate of drug-likeness (QED) is 0.619. The molecule has 0 rings (SSSR count). The molecule has 0 aliphatic heterocycles. The van der Waals surface area contributed by atoms with Gasteiger partial charge in [0.15, 0.2) is 0 Å². The molecule has 13 heavy (non-hydrogen) atoms. The summed E-state index contributed by atoms with van der Waals surface area (Å²) < 4.78 is 0. The summed E-state index contributed by atoms with van der Waals surface area (Å²) in [5.74, 6) is 1.97. The van der Waals surface area contributed by atoms with Crippen LogP contribution in [0, 0.1) is 5.92 Å². The van der Waals surface area contributed by atoms with Gasteiger partial charge in [-0.2, -0.15) is 11.8 Å². The van der Waals surface area contributed by atoms with Crippen LogP contribution in [-0.4, -0.2) is 28.6 Å². The van der Waals surface area contributed by atoms with Crippen LogP contribution in [0.1, 0.15) is 26.7 Å². The summed E-state index contributed by atoms with van der Waals surface area (Å²) in [4.78, 5) is 10.3. The van der Waals surface area contributed by atoms with Crippen LogP contribution in [0.4, 0.5) is 0 Å². The Morgan fingerprint density at radius 2 is 2.15 bits per heavy atom. The van der Waals surface area contributed by atoms with Gasteiger partial charge in [0.05, 0.1) is 0 Å². The van der Waals surface area contributed by atoms with E-state index in [1.165, 1.54) is 0 Å². The maximum Gasteiger partial charge on any atom is 0.320 e. The minimum atomic E-state index is -0.895. The lowest BCUT2D eigenvalue weighted by Gasteiger charge is -2.06. The fourth-order valence-electron chi connectivity index (χ4n) is 0.848. The van der Waals surface area contributed by atoms with E-state index in [0.717, 1.165) is 17.9 Å². The Balaban J connectivity index is 3.21. The van der Waals surface area contributed by atoms with Gasteiger partial charge in [0, 0.05) is 0 Å². The van der Waals surface area contributed by atoms with Gasteiger partial charge in [-0.05, 0) is 30.3 Å². The molecule has 1 atom stereocenters. The van der Waals surface area contributed by atoms with Gasteiger partial charge in [0.2, 0.25) is 0 Å². The minimum Gasteiger partial charge on any atom is -0.480 e. The fourth-order valence-corrected chi connectivity index (χ4v) is 1.86. The minimum absolute atomic E-state index is 0.584. The smallest absolute Gasteiger partial charge is 0.320 e. The van der Waals surface area contributed by atoms with Crippen molar-refractivity contribution in [3.05, 3.63) is 0 Å². The van der Waals surface area contributed by atoms with E-state index >= 15 is 0 Å². The molecule has 0 aromatic carbocycles. The average molecular weight is 205 g/mol. The van der Waals surface area contributed by atoms with E-state index in [1.807, 2.05) is 11.8 Å². The summed E-state index contributed by atoms with van der Waals surface area (Å²) in [6.07, 6.45) is 1.48. The van der Waals surface area contributed by atoms with Crippen LogP contribution in [0.15, 0.2) is 0 Å². The van der Waals surface area contributed by atoms with Crippen molar-refractivity contribution in [2.75, 3.05) is 11.5 Å². The second-order valence-electron chi connectivity index (χ2n) is 3.56. The van der Waals surface area contributed by atoms with Gasteiger partial charge in [0.25, 0.3) is 0 Å². The van der Waals surface area contributed by atoms with Crippen molar-refractivity contribution < 1.29 is 9.90 Å². The molecule has 0 aromatic rings. The molecule has 4 heteroatoms. The second-order valence-corrected chi connectivity index (χ2v) is 4.71. The lowest BCUT2D eigenvalue weighted by atomic mass is 10.2. The number of nitrogens with two attached hydrogens (primary N) is 1. The predicted octanol–water partition coefficient (Wildman–Crippen LogP) is 1.57. The standard InChI is InChI=1S/C9H19NO2S/c1-7(2)6-13-5-3-4-8(10)9(11)12/h7-8H,3-6,10H2,1-2H3,(H,11,12). The molecule has 78 valence electrons. The molecular formula is C9H19NO2S. The molecule has 0 aliphatic carbocycles. The summed E-state index contributed by atoms with van der Waals surface area (Å²) in [5, 5.41) is 8.49. The first-order valence-corrected chi connectivity index (χ1v) is 5.75. The van der Waals surface area contributed by atoms with E-state index < -0.39 is 12.0 Å². The van der Waals surface area contributed by atoms with Gasteiger partial charge in [-0.3, -0.25) is 4.79 Å². The van der Waals surface area contributed by atoms with Gasteiger partial charge in [0.1, 0.15) is 6.04 Å². The average Bonchev–Trinajstić information content (AvgIpc) is 2.02. The summed E-state index contributed by atoms with van der Waals surface area (Å²) in [6.45, 7) is 4.35. The molecule has 0 bridgehead atoms. The Hall–Kier alpha value is -0.220. The molecule has 3 N–H and O–H groups in total. The Kier molecular flexibility index (Phi) is 7.09. The summed E-state index contributed by atoms with van der Waals surface area (Å²) >= 11 is 1.87. The lowest BCUT2D eigenvalue weighted by molar-refractivity contribution is -0.138. The molecule has 0 saturated carbocycles. The number of thioether (sulfide) groups is 1. The third-order valence-corrected chi connectivity index (χ3v) is 3.05. The number of carboxylic acid groups (broad SMARTS) is 1. The highest BCUT2D eigenvalue weighted by Crippen LogP contribution is 2.10. The third kappa shape index (κ3) is 8.12. The monoisotopic (exact) mass is 205 g/mol. The Morgan fingerprint density at radius 1 is 1.54 bits per heavy atom. The van der Waals surface area contributed by atoms with Crippen LogP contribution in [0.5, 0.6) is 0 Å². The van der Waals surface area contributed by atoms with Crippen molar-refractivity contribution in [1.29, 1.82) is 0 Å². The van der Waals surface area contributed by atoms with Crippen molar-refractivity contribution in [2.45, 2.75) is 32.7 Å². The molecule has 0 radical (unpaired) electrons. The molecule has 0 heterocycles. The van der Waals surface area contributed by atoms with E-state index in [1.54, 1.807) is 0 Å². The van der Waals surface area contributed by atoms with E-state index in [0.29, 0.717) is 12.3 Å².